The Morgan fingerprint density at radius 2 is 2.00 bits per heavy atom. The molecule has 0 aliphatic carbocycles. The van der Waals surface area contributed by atoms with Crippen LogP contribution in [-0.2, 0) is 14.4 Å². The number of ether oxygens (including phenoxy) is 1. The number of rotatable bonds is 11. The fraction of sp³-hybridized carbons (Fsp3) is 0.360. The molecular formula is C25H33N5O4S2. The van der Waals surface area contributed by atoms with Crippen molar-refractivity contribution in [1.82, 2.24) is 14.7 Å². The van der Waals surface area contributed by atoms with Gasteiger partial charge in [0.15, 0.2) is 0 Å². The van der Waals surface area contributed by atoms with Crippen LogP contribution in [0.3, 0.4) is 0 Å². The molecule has 9 nitrogen and oxygen atoms in total. The van der Waals surface area contributed by atoms with E-state index < -0.39 is 15.8 Å². The summed E-state index contributed by atoms with van der Waals surface area (Å²) in [6.45, 7) is 7.70. The van der Waals surface area contributed by atoms with Crippen molar-refractivity contribution in [2.45, 2.75) is 45.1 Å². The highest BCUT2D eigenvalue weighted by atomic mass is 32.2. The number of thiophene rings is 1. The summed E-state index contributed by atoms with van der Waals surface area (Å²) >= 11 is 1.59. The second kappa shape index (κ2) is 12.7. The zero-order chi connectivity index (χ0) is 26.1. The maximum absolute atomic E-state index is 13.2. The molecule has 194 valence electrons. The van der Waals surface area contributed by atoms with Gasteiger partial charge >= 0.3 is 6.09 Å². The van der Waals surface area contributed by atoms with E-state index in [9.17, 15) is 14.1 Å². The van der Waals surface area contributed by atoms with E-state index in [4.69, 9.17) is 9.72 Å². The van der Waals surface area contributed by atoms with Crippen molar-refractivity contribution in [3.05, 3.63) is 47.3 Å². The second-order valence-corrected chi connectivity index (χ2v) is 11.6. The Morgan fingerprint density at radius 3 is 2.58 bits per heavy atom. The lowest BCUT2D eigenvalue weighted by Gasteiger charge is -2.21. The molecule has 36 heavy (non-hydrogen) atoms. The molecule has 3 rings (SSSR count). The molecule has 2 heterocycles. The van der Waals surface area contributed by atoms with Crippen LogP contribution in [-0.4, -0.2) is 50.0 Å². The van der Waals surface area contributed by atoms with E-state index in [1.165, 1.54) is 5.37 Å². The topological polar surface area (TPSA) is 125 Å². The van der Waals surface area contributed by atoms with E-state index in [0.717, 1.165) is 17.5 Å². The third kappa shape index (κ3) is 7.19. The van der Waals surface area contributed by atoms with Crippen molar-refractivity contribution in [2.24, 2.45) is 5.92 Å². The molecular weight excluding hydrogens is 498 g/mol. The van der Waals surface area contributed by atoms with Gasteiger partial charge in [-0.2, -0.15) is 16.3 Å². The van der Waals surface area contributed by atoms with E-state index in [1.54, 1.807) is 55.6 Å². The highest BCUT2D eigenvalue weighted by Crippen LogP contribution is 2.30. The third-order valence-electron chi connectivity index (χ3n) is 5.24. The summed E-state index contributed by atoms with van der Waals surface area (Å²) in [7, 11) is -2.92. The maximum atomic E-state index is 13.2. The molecule has 0 radical (unpaired) electrons. The number of amides is 1. The molecule has 0 saturated carbocycles. The predicted octanol–water partition coefficient (Wildman–Crippen LogP) is 4.89. The first-order chi connectivity index (χ1) is 17.3. The number of hydrogen-bond donors (Lipinski definition) is 4. The summed E-state index contributed by atoms with van der Waals surface area (Å²) in [5, 5.41) is 21.9. The minimum atomic E-state index is -2.92. The Bertz CT molecular complexity index is 1250. The number of aliphatic hydroxyl groups excluding tert-OH is 1. The largest absolute Gasteiger partial charge is 0.449 e. The monoisotopic (exact) mass is 531 g/mol. The van der Waals surface area contributed by atoms with E-state index in [1.807, 2.05) is 16.8 Å². The van der Waals surface area contributed by atoms with Crippen LogP contribution in [0.5, 0.6) is 0 Å². The van der Waals surface area contributed by atoms with Crippen molar-refractivity contribution in [3.8, 4) is 11.1 Å². The third-order valence-corrected chi connectivity index (χ3v) is 8.03. The fourth-order valence-electron chi connectivity index (χ4n) is 3.53. The summed E-state index contributed by atoms with van der Waals surface area (Å²) in [6.07, 6.45) is 1.81. The molecule has 1 aromatic carbocycles. The van der Waals surface area contributed by atoms with Crippen LogP contribution in [0.25, 0.3) is 11.1 Å². The first-order valence-corrected chi connectivity index (χ1v) is 14.3. The first kappa shape index (κ1) is 27.4. The van der Waals surface area contributed by atoms with Crippen LogP contribution in [0, 0.1) is 5.92 Å². The molecule has 2 atom stereocenters. The maximum Gasteiger partial charge on any atom is 0.418 e. The Morgan fingerprint density at radius 1 is 1.25 bits per heavy atom. The van der Waals surface area contributed by atoms with Crippen molar-refractivity contribution >= 4 is 50.0 Å². The lowest BCUT2D eigenvalue weighted by Crippen LogP contribution is -2.32. The van der Waals surface area contributed by atoms with Crippen LogP contribution in [0.4, 0.5) is 22.2 Å². The van der Waals surface area contributed by atoms with Crippen molar-refractivity contribution in [1.29, 1.82) is 0 Å². The molecule has 0 bridgehead atoms. The molecule has 11 heteroatoms. The molecule has 0 aliphatic rings. The molecule has 0 spiro atoms. The SMILES string of the molecule is CC=S(=O)(NC(=O)OCC)c1ccc(Nc2ncc(-c3ccsc3)c(N[C@H](CO)CC(C)C)n2)cc1. The van der Waals surface area contributed by atoms with E-state index in [-0.39, 0.29) is 19.3 Å². The molecule has 0 aliphatic heterocycles. The van der Waals surface area contributed by atoms with Gasteiger partial charge in [-0.05, 0) is 78.2 Å². The molecule has 4 N–H and O–H groups in total. The number of anilines is 3. The molecule has 1 unspecified atom stereocenters. The standard InChI is InChI=1S/C25H33N5O4S2/c1-5-34-25(32)30-36(33,6-2)21-9-7-19(8-10-21)28-24-26-14-22(18-11-12-35-16-18)23(29-24)27-20(15-31)13-17(3)4/h6-12,14,16-17,20,31H,5,13,15H2,1-4H3,(H,30,32,33)(H2,26,27,28,29)/t20-,36?/m0/s1. The van der Waals surface area contributed by atoms with Gasteiger partial charge in [0.05, 0.1) is 33.9 Å². The lowest BCUT2D eigenvalue weighted by atomic mass is 10.0. The normalized spacial score (nSPS) is 13.5. The van der Waals surface area contributed by atoms with E-state index in [2.05, 4.69) is 34.2 Å². The molecule has 0 fully saturated rings. The number of nitrogens with one attached hydrogen (secondary N) is 3. The van der Waals surface area contributed by atoms with Gasteiger partial charge in [0.25, 0.3) is 0 Å². The molecule has 3 aromatic rings. The van der Waals surface area contributed by atoms with Gasteiger partial charge in [-0.3, -0.25) is 0 Å². The van der Waals surface area contributed by atoms with Crippen molar-refractivity contribution in [2.75, 3.05) is 23.8 Å². The van der Waals surface area contributed by atoms with Gasteiger partial charge in [0, 0.05) is 17.4 Å². The zero-order valence-electron chi connectivity index (χ0n) is 20.9. The fourth-order valence-corrected chi connectivity index (χ4v) is 5.54. The number of aromatic nitrogens is 2. The number of carbonyl (C=O) groups excluding carboxylic acids is 1. The lowest BCUT2D eigenvalue weighted by molar-refractivity contribution is 0.159. The highest BCUT2D eigenvalue weighted by Gasteiger charge is 2.17. The van der Waals surface area contributed by atoms with Gasteiger partial charge in [-0.25, -0.2) is 18.7 Å². The second-order valence-electron chi connectivity index (χ2n) is 8.43. The smallest absolute Gasteiger partial charge is 0.418 e. The Balaban J connectivity index is 1.84. The zero-order valence-corrected chi connectivity index (χ0v) is 22.5. The molecule has 0 saturated heterocycles. The number of benzene rings is 1. The minimum absolute atomic E-state index is 0.0109. The highest BCUT2D eigenvalue weighted by molar-refractivity contribution is 8.00. The van der Waals surface area contributed by atoms with E-state index >= 15 is 0 Å². The first-order valence-electron chi connectivity index (χ1n) is 11.7. The average molecular weight is 532 g/mol. The molecule has 1 amide bonds. The van der Waals surface area contributed by atoms with Gasteiger partial charge in [-0.15, -0.1) is 0 Å². The number of nitrogens with zero attached hydrogens (tertiary/aromatic N) is 2. The van der Waals surface area contributed by atoms with Crippen LogP contribution >= 0.6 is 11.3 Å². The Kier molecular flexibility index (Phi) is 9.68. The van der Waals surface area contributed by atoms with Gasteiger partial charge in [0.1, 0.15) is 5.82 Å². The summed E-state index contributed by atoms with van der Waals surface area (Å²) in [4.78, 5) is 21.4. The summed E-state index contributed by atoms with van der Waals surface area (Å²) < 4.78 is 20.5. The number of hydrogen-bond acceptors (Lipinski definition) is 9. The van der Waals surface area contributed by atoms with Crippen LogP contribution in [0.15, 0.2) is 52.2 Å². The predicted molar refractivity (Wildman–Crippen MR) is 147 cm³/mol. The molecule has 2 aromatic heterocycles. The summed E-state index contributed by atoms with van der Waals surface area (Å²) in [6, 6.07) is 8.67. The summed E-state index contributed by atoms with van der Waals surface area (Å²) in [5.74, 6) is 1.41. The van der Waals surface area contributed by atoms with Crippen LogP contribution in [0.2, 0.25) is 0 Å². The number of aliphatic hydroxyl groups is 1. The minimum Gasteiger partial charge on any atom is -0.449 e. The summed E-state index contributed by atoms with van der Waals surface area (Å²) in [5.41, 5.74) is 2.53. The van der Waals surface area contributed by atoms with Crippen molar-refractivity contribution in [3.63, 3.8) is 0 Å². The van der Waals surface area contributed by atoms with Crippen LogP contribution < -0.4 is 15.4 Å². The van der Waals surface area contributed by atoms with Gasteiger partial charge < -0.3 is 20.5 Å². The Labute approximate surface area is 216 Å². The Hall–Kier alpha value is -3.15. The van der Waals surface area contributed by atoms with Crippen LogP contribution in [0.1, 0.15) is 34.1 Å². The quantitative estimate of drug-likeness (QED) is 0.258. The van der Waals surface area contributed by atoms with E-state index in [0.29, 0.717) is 28.3 Å². The van der Waals surface area contributed by atoms with Crippen molar-refractivity contribution < 1.29 is 18.8 Å². The van der Waals surface area contributed by atoms with Gasteiger partial charge in [-0.1, -0.05) is 13.8 Å². The average Bonchev–Trinajstić information content (AvgIpc) is 3.38. The van der Waals surface area contributed by atoms with Gasteiger partial charge in [0.2, 0.25) is 5.95 Å². The number of carbonyl (C=O) groups is 1.